The molecule has 0 aromatic carbocycles. The van der Waals surface area contributed by atoms with Gasteiger partial charge in [0.1, 0.15) is 5.82 Å². The molecule has 19 heavy (non-hydrogen) atoms. The fourth-order valence-electron chi connectivity index (χ4n) is 1.52. The summed E-state index contributed by atoms with van der Waals surface area (Å²) in [5, 5.41) is 11.8. The Morgan fingerprint density at radius 1 is 1.53 bits per heavy atom. The van der Waals surface area contributed by atoms with E-state index >= 15 is 0 Å². The lowest BCUT2D eigenvalue weighted by Gasteiger charge is -2.08. The van der Waals surface area contributed by atoms with Crippen molar-refractivity contribution in [1.29, 1.82) is 0 Å². The number of carboxylic acid groups (broad SMARTS) is 1. The highest BCUT2D eigenvalue weighted by Crippen LogP contribution is 2.09. The van der Waals surface area contributed by atoms with Gasteiger partial charge in [0.05, 0.1) is 18.6 Å². The number of pyridine rings is 1. The number of carboxylic acids is 1. The monoisotopic (exact) mass is 266 g/mol. The highest BCUT2D eigenvalue weighted by atomic mass is 16.5. The van der Waals surface area contributed by atoms with E-state index in [0.29, 0.717) is 24.3 Å². The van der Waals surface area contributed by atoms with Gasteiger partial charge in [0, 0.05) is 12.7 Å². The van der Waals surface area contributed by atoms with Crippen LogP contribution in [0.1, 0.15) is 30.1 Å². The van der Waals surface area contributed by atoms with Crippen LogP contribution in [0.25, 0.3) is 0 Å². The number of rotatable bonds is 7. The van der Waals surface area contributed by atoms with Crippen molar-refractivity contribution >= 4 is 17.8 Å². The number of carbonyl (C=O) groups is 2. The van der Waals surface area contributed by atoms with Gasteiger partial charge in [-0.2, -0.15) is 0 Å². The van der Waals surface area contributed by atoms with Crippen LogP contribution in [0.4, 0.5) is 5.82 Å². The Labute approximate surface area is 111 Å². The normalized spacial score (nSPS) is 11.7. The molecule has 1 aromatic rings. The van der Waals surface area contributed by atoms with Gasteiger partial charge in [-0.15, -0.1) is 0 Å². The van der Waals surface area contributed by atoms with Crippen LogP contribution < -0.4 is 5.32 Å². The molecular formula is C13H18N2O4. The minimum absolute atomic E-state index is 0.351. The third-order valence-corrected chi connectivity index (χ3v) is 2.72. The first-order chi connectivity index (χ1) is 9.04. The molecule has 1 rings (SSSR count). The fraction of sp³-hybridized carbons (Fsp3) is 0.462. The molecule has 1 heterocycles. The van der Waals surface area contributed by atoms with E-state index in [4.69, 9.17) is 5.11 Å². The summed E-state index contributed by atoms with van der Waals surface area (Å²) in [5.74, 6) is -0.974. The molecule has 0 radical (unpaired) electrons. The second-order valence-corrected chi connectivity index (χ2v) is 4.23. The second kappa shape index (κ2) is 7.35. The van der Waals surface area contributed by atoms with Gasteiger partial charge in [-0.1, -0.05) is 6.92 Å². The molecule has 0 saturated carbocycles. The summed E-state index contributed by atoms with van der Waals surface area (Å²) in [5.41, 5.74) is 0.430. The number of hydrogen-bond acceptors (Lipinski definition) is 5. The number of carbonyl (C=O) groups excluding carboxylic acids is 1. The zero-order valence-electron chi connectivity index (χ0n) is 11.0. The Morgan fingerprint density at radius 2 is 2.26 bits per heavy atom. The van der Waals surface area contributed by atoms with E-state index in [9.17, 15) is 9.59 Å². The summed E-state index contributed by atoms with van der Waals surface area (Å²) < 4.78 is 4.61. The summed E-state index contributed by atoms with van der Waals surface area (Å²) in [4.78, 5) is 26.0. The summed E-state index contributed by atoms with van der Waals surface area (Å²) in [6, 6.07) is 3.18. The average molecular weight is 266 g/mol. The van der Waals surface area contributed by atoms with E-state index in [1.165, 1.54) is 13.3 Å². The van der Waals surface area contributed by atoms with E-state index in [2.05, 4.69) is 15.0 Å². The van der Waals surface area contributed by atoms with E-state index in [1.54, 1.807) is 19.1 Å². The summed E-state index contributed by atoms with van der Waals surface area (Å²) in [6.45, 7) is 2.29. The first-order valence-electron chi connectivity index (χ1n) is 6.05. The molecule has 0 bridgehead atoms. The number of methoxy groups -OCH3 is 1. The molecule has 0 amide bonds. The molecule has 2 N–H and O–H groups in total. The minimum atomic E-state index is -0.786. The molecule has 1 aromatic heterocycles. The minimum Gasteiger partial charge on any atom is -0.481 e. The zero-order valence-corrected chi connectivity index (χ0v) is 11.0. The standard InChI is InChI=1S/C13H18N2O4/c1-9(12(16)17)4-3-6-14-11-8-10(5-7-15-11)13(18)19-2/h5,7-9H,3-4,6H2,1-2H3,(H,14,15)(H,16,17). The molecule has 6 heteroatoms. The van der Waals surface area contributed by atoms with Crippen LogP contribution in [0.15, 0.2) is 18.3 Å². The van der Waals surface area contributed by atoms with Gasteiger partial charge in [0.2, 0.25) is 0 Å². The fourth-order valence-corrected chi connectivity index (χ4v) is 1.52. The molecule has 1 atom stereocenters. The lowest BCUT2D eigenvalue weighted by Crippen LogP contribution is -2.12. The maximum atomic E-state index is 11.3. The molecule has 0 fully saturated rings. The van der Waals surface area contributed by atoms with Crippen LogP contribution in [0, 0.1) is 5.92 Å². The average Bonchev–Trinajstić information content (AvgIpc) is 2.42. The predicted octanol–water partition coefficient (Wildman–Crippen LogP) is 1.78. The Balaban J connectivity index is 2.41. The van der Waals surface area contributed by atoms with Crippen LogP contribution in [0.3, 0.4) is 0 Å². The van der Waals surface area contributed by atoms with Crippen molar-refractivity contribution in [2.24, 2.45) is 5.92 Å². The maximum absolute atomic E-state index is 11.3. The predicted molar refractivity (Wildman–Crippen MR) is 70.1 cm³/mol. The summed E-state index contributed by atoms with van der Waals surface area (Å²) in [6.07, 6.45) is 2.84. The largest absolute Gasteiger partial charge is 0.481 e. The van der Waals surface area contributed by atoms with E-state index in [0.717, 1.165) is 6.42 Å². The topological polar surface area (TPSA) is 88.5 Å². The lowest BCUT2D eigenvalue weighted by atomic mass is 10.1. The van der Waals surface area contributed by atoms with E-state index < -0.39 is 11.9 Å². The highest BCUT2D eigenvalue weighted by Gasteiger charge is 2.10. The van der Waals surface area contributed by atoms with Crippen LogP contribution in [-0.4, -0.2) is 35.7 Å². The SMILES string of the molecule is COC(=O)c1ccnc(NCCCC(C)C(=O)O)c1. The Bertz CT molecular complexity index is 448. The maximum Gasteiger partial charge on any atom is 0.338 e. The van der Waals surface area contributed by atoms with Gasteiger partial charge >= 0.3 is 11.9 Å². The van der Waals surface area contributed by atoms with Crippen molar-refractivity contribution in [3.8, 4) is 0 Å². The van der Waals surface area contributed by atoms with Crippen molar-refractivity contribution in [2.45, 2.75) is 19.8 Å². The molecular weight excluding hydrogens is 248 g/mol. The molecule has 104 valence electrons. The van der Waals surface area contributed by atoms with Crippen molar-refractivity contribution in [3.63, 3.8) is 0 Å². The van der Waals surface area contributed by atoms with Crippen LogP contribution in [0.2, 0.25) is 0 Å². The van der Waals surface area contributed by atoms with Crippen molar-refractivity contribution < 1.29 is 19.4 Å². The molecule has 0 saturated heterocycles. The smallest absolute Gasteiger partial charge is 0.338 e. The third kappa shape index (κ3) is 4.95. The van der Waals surface area contributed by atoms with Gasteiger partial charge in [-0.25, -0.2) is 9.78 Å². The number of esters is 1. The lowest BCUT2D eigenvalue weighted by molar-refractivity contribution is -0.141. The Morgan fingerprint density at radius 3 is 2.89 bits per heavy atom. The number of nitrogens with one attached hydrogen (secondary N) is 1. The van der Waals surface area contributed by atoms with Gasteiger partial charge in [-0.05, 0) is 25.0 Å². The van der Waals surface area contributed by atoms with Gasteiger partial charge < -0.3 is 15.2 Å². The van der Waals surface area contributed by atoms with Crippen LogP contribution >= 0.6 is 0 Å². The first-order valence-corrected chi connectivity index (χ1v) is 6.05. The van der Waals surface area contributed by atoms with Crippen molar-refractivity contribution in [2.75, 3.05) is 19.0 Å². The molecule has 1 unspecified atom stereocenters. The molecule has 0 spiro atoms. The number of anilines is 1. The first kappa shape index (κ1) is 14.9. The Hall–Kier alpha value is -2.11. The molecule has 6 nitrogen and oxygen atoms in total. The van der Waals surface area contributed by atoms with E-state index in [-0.39, 0.29) is 5.92 Å². The quantitative estimate of drug-likeness (QED) is 0.577. The van der Waals surface area contributed by atoms with E-state index in [1.807, 2.05) is 0 Å². The zero-order chi connectivity index (χ0) is 14.3. The number of hydrogen-bond donors (Lipinski definition) is 2. The van der Waals surface area contributed by atoms with Crippen molar-refractivity contribution in [3.05, 3.63) is 23.9 Å². The van der Waals surface area contributed by atoms with Crippen LogP contribution in [0.5, 0.6) is 0 Å². The molecule has 0 aliphatic rings. The van der Waals surface area contributed by atoms with Gasteiger partial charge in [0.25, 0.3) is 0 Å². The Kier molecular flexibility index (Phi) is 5.78. The number of ether oxygens (including phenoxy) is 1. The second-order valence-electron chi connectivity index (χ2n) is 4.23. The third-order valence-electron chi connectivity index (χ3n) is 2.72. The molecule has 0 aliphatic carbocycles. The van der Waals surface area contributed by atoms with Gasteiger partial charge in [0.15, 0.2) is 0 Å². The summed E-state index contributed by atoms with van der Waals surface area (Å²) in [7, 11) is 1.32. The van der Waals surface area contributed by atoms with Crippen LogP contribution in [-0.2, 0) is 9.53 Å². The number of nitrogens with zero attached hydrogens (tertiary/aromatic N) is 1. The number of aromatic nitrogens is 1. The number of aliphatic carboxylic acids is 1. The molecule has 0 aliphatic heterocycles. The summed E-state index contributed by atoms with van der Waals surface area (Å²) >= 11 is 0. The van der Waals surface area contributed by atoms with Crippen molar-refractivity contribution in [1.82, 2.24) is 4.98 Å². The highest BCUT2D eigenvalue weighted by molar-refractivity contribution is 5.89. The van der Waals surface area contributed by atoms with Gasteiger partial charge in [-0.3, -0.25) is 4.79 Å².